The van der Waals surface area contributed by atoms with Crippen molar-refractivity contribution in [3.8, 4) is 0 Å². The van der Waals surface area contributed by atoms with E-state index in [1.54, 1.807) is 33.0 Å². The van der Waals surface area contributed by atoms with Gasteiger partial charge in [0.15, 0.2) is 0 Å². The molecule has 0 fully saturated rings. The van der Waals surface area contributed by atoms with Crippen molar-refractivity contribution in [1.29, 1.82) is 0 Å². The number of alkyl carbamates (subject to hydrolysis) is 1. The Morgan fingerprint density at radius 2 is 2.05 bits per heavy atom. The summed E-state index contributed by atoms with van der Waals surface area (Å²) in [6, 6.07) is 0.652. The molecule has 1 heterocycles. The van der Waals surface area contributed by atoms with Crippen molar-refractivity contribution in [2.24, 2.45) is 0 Å². The number of aromatic nitrogens is 1. The molecular formula is C13H16Br2N2O4. The van der Waals surface area contributed by atoms with E-state index in [1.165, 1.54) is 0 Å². The first-order valence-corrected chi connectivity index (χ1v) is 7.69. The third kappa shape index (κ3) is 6.43. The zero-order chi connectivity index (χ0) is 16.2. The number of carbonyl (C=O) groups excluding carboxylic acids is 1. The van der Waals surface area contributed by atoms with Crippen LogP contribution >= 0.6 is 31.9 Å². The summed E-state index contributed by atoms with van der Waals surface area (Å²) in [6.45, 7) is 5.12. The molecule has 8 heteroatoms. The highest BCUT2D eigenvalue weighted by Gasteiger charge is 2.24. The SMILES string of the molecule is CC(C)(C)OC(=O)NC(Cc1cnc(Br)c(Br)c1)C(=O)O. The van der Waals surface area contributed by atoms with Crippen molar-refractivity contribution in [2.45, 2.75) is 38.8 Å². The number of nitrogens with one attached hydrogen (secondary N) is 1. The van der Waals surface area contributed by atoms with Crippen molar-refractivity contribution in [3.05, 3.63) is 26.9 Å². The van der Waals surface area contributed by atoms with E-state index in [2.05, 4.69) is 42.2 Å². The number of hydrogen-bond donors (Lipinski definition) is 2. The number of carboxylic acid groups (broad SMARTS) is 1. The molecular weight excluding hydrogens is 408 g/mol. The van der Waals surface area contributed by atoms with Gasteiger partial charge in [-0.15, -0.1) is 0 Å². The number of hydrogen-bond acceptors (Lipinski definition) is 4. The van der Waals surface area contributed by atoms with Gasteiger partial charge in [-0.05, 0) is 64.3 Å². The highest BCUT2D eigenvalue weighted by atomic mass is 79.9. The van der Waals surface area contributed by atoms with E-state index in [-0.39, 0.29) is 6.42 Å². The molecule has 0 aliphatic heterocycles. The lowest BCUT2D eigenvalue weighted by atomic mass is 10.1. The Kier molecular flexibility index (Phi) is 6.15. The first-order chi connectivity index (χ1) is 9.58. The van der Waals surface area contributed by atoms with Crippen LogP contribution in [0.2, 0.25) is 0 Å². The fourth-order valence-corrected chi connectivity index (χ4v) is 2.07. The molecule has 0 spiro atoms. The van der Waals surface area contributed by atoms with Crippen LogP contribution in [0.5, 0.6) is 0 Å². The maximum atomic E-state index is 11.7. The van der Waals surface area contributed by atoms with Gasteiger partial charge in [0.1, 0.15) is 16.2 Å². The van der Waals surface area contributed by atoms with Crippen molar-refractivity contribution < 1.29 is 19.4 Å². The maximum absolute atomic E-state index is 11.7. The van der Waals surface area contributed by atoms with E-state index >= 15 is 0 Å². The molecule has 0 saturated carbocycles. The Labute approximate surface area is 139 Å². The Bertz CT molecular complexity index is 543. The number of halogens is 2. The summed E-state index contributed by atoms with van der Waals surface area (Å²) in [6.07, 6.45) is 0.883. The van der Waals surface area contributed by atoms with Gasteiger partial charge in [0.2, 0.25) is 0 Å². The van der Waals surface area contributed by atoms with Crippen molar-refractivity contribution in [2.75, 3.05) is 0 Å². The standard InChI is InChI=1S/C13H16Br2N2O4/c1-13(2,3)21-12(20)17-9(11(18)19)5-7-4-8(14)10(15)16-6-7/h4,6,9H,5H2,1-3H3,(H,17,20)(H,18,19). The molecule has 0 aromatic carbocycles. The molecule has 1 aromatic rings. The summed E-state index contributed by atoms with van der Waals surface area (Å²) in [5.74, 6) is -1.14. The molecule has 0 bridgehead atoms. The van der Waals surface area contributed by atoms with Crippen LogP contribution in [0.1, 0.15) is 26.3 Å². The second-order valence-electron chi connectivity index (χ2n) is 5.36. The number of carboxylic acids is 1. The van der Waals surface area contributed by atoms with Crippen LogP contribution in [0.15, 0.2) is 21.3 Å². The summed E-state index contributed by atoms with van der Waals surface area (Å²) in [4.78, 5) is 27.0. The predicted octanol–water partition coefficient (Wildman–Crippen LogP) is 3.13. The molecule has 116 valence electrons. The van der Waals surface area contributed by atoms with Crippen LogP contribution in [0.3, 0.4) is 0 Å². The molecule has 1 rings (SSSR count). The number of aliphatic carboxylic acids is 1. The zero-order valence-corrected chi connectivity index (χ0v) is 15.0. The highest BCUT2D eigenvalue weighted by Crippen LogP contribution is 2.21. The molecule has 1 unspecified atom stereocenters. The van der Waals surface area contributed by atoms with E-state index in [4.69, 9.17) is 4.74 Å². The van der Waals surface area contributed by atoms with Gasteiger partial charge >= 0.3 is 12.1 Å². The fraction of sp³-hybridized carbons (Fsp3) is 0.462. The molecule has 0 radical (unpaired) electrons. The second-order valence-corrected chi connectivity index (χ2v) is 6.96. The summed E-state index contributed by atoms with van der Waals surface area (Å²) < 4.78 is 6.39. The zero-order valence-electron chi connectivity index (χ0n) is 11.8. The van der Waals surface area contributed by atoms with E-state index in [0.717, 1.165) is 0 Å². The van der Waals surface area contributed by atoms with Crippen LogP contribution < -0.4 is 5.32 Å². The lowest BCUT2D eigenvalue weighted by Crippen LogP contribution is -2.44. The molecule has 1 amide bonds. The summed E-state index contributed by atoms with van der Waals surface area (Å²) in [5, 5.41) is 11.5. The number of rotatable bonds is 4. The van der Waals surface area contributed by atoms with Crippen LogP contribution in [0.4, 0.5) is 4.79 Å². The quantitative estimate of drug-likeness (QED) is 0.726. The van der Waals surface area contributed by atoms with Crippen molar-refractivity contribution in [1.82, 2.24) is 10.3 Å². The van der Waals surface area contributed by atoms with Gasteiger partial charge in [-0.3, -0.25) is 0 Å². The molecule has 2 N–H and O–H groups in total. The van der Waals surface area contributed by atoms with Gasteiger partial charge in [-0.1, -0.05) is 0 Å². The summed E-state index contributed by atoms with van der Waals surface area (Å²) in [7, 11) is 0. The smallest absolute Gasteiger partial charge is 0.408 e. The predicted molar refractivity (Wildman–Crippen MR) is 84.1 cm³/mol. The Balaban J connectivity index is 2.76. The topological polar surface area (TPSA) is 88.5 Å². The largest absolute Gasteiger partial charge is 0.480 e. The van der Waals surface area contributed by atoms with E-state index in [0.29, 0.717) is 14.6 Å². The minimum Gasteiger partial charge on any atom is -0.480 e. The number of pyridine rings is 1. The molecule has 1 atom stereocenters. The first kappa shape index (κ1) is 17.9. The lowest BCUT2D eigenvalue weighted by Gasteiger charge is -2.22. The maximum Gasteiger partial charge on any atom is 0.408 e. The van der Waals surface area contributed by atoms with E-state index in [1.807, 2.05) is 0 Å². The molecule has 0 aliphatic carbocycles. The van der Waals surface area contributed by atoms with E-state index in [9.17, 15) is 14.7 Å². The fourth-order valence-electron chi connectivity index (χ4n) is 1.46. The van der Waals surface area contributed by atoms with E-state index < -0.39 is 23.7 Å². The monoisotopic (exact) mass is 422 g/mol. The Morgan fingerprint density at radius 1 is 1.43 bits per heavy atom. The molecule has 6 nitrogen and oxygen atoms in total. The van der Waals surface area contributed by atoms with Crippen molar-refractivity contribution >= 4 is 43.9 Å². The molecule has 0 saturated heterocycles. The number of carbonyl (C=O) groups is 2. The summed E-state index contributed by atoms with van der Waals surface area (Å²) in [5.41, 5.74) is -0.0106. The lowest BCUT2D eigenvalue weighted by molar-refractivity contribution is -0.139. The van der Waals surface area contributed by atoms with Crippen LogP contribution in [-0.2, 0) is 16.0 Å². The average Bonchev–Trinajstić information content (AvgIpc) is 2.30. The number of amides is 1. The minimum absolute atomic E-state index is 0.105. The minimum atomic E-state index is -1.14. The van der Waals surface area contributed by atoms with Gasteiger partial charge in [0.25, 0.3) is 0 Å². The van der Waals surface area contributed by atoms with Gasteiger partial charge in [-0.25, -0.2) is 14.6 Å². The Hall–Kier alpha value is -1.15. The third-order valence-electron chi connectivity index (χ3n) is 2.28. The normalized spacial score (nSPS) is 12.6. The Morgan fingerprint density at radius 3 is 2.52 bits per heavy atom. The van der Waals surface area contributed by atoms with Crippen LogP contribution in [0, 0.1) is 0 Å². The highest BCUT2D eigenvalue weighted by molar-refractivity contribution is 9.13. The van der Waals surface area contributed by atoms with Gasteiger partial charge in [0, 0.05) is 12.6 Å². The van der Waals surface area contributed by atoms with Gasteiger partial charge in [-0.2, -0.15) is 0 Å². The van der Waals surface area contributed by atoms with Gasteiger partial charge in [0.05, 0.1) is 4.47 Å². The molecule has 21 heavy (non-hydrogen) atoms. The van der Waals surface area contributed by atoms with Gasteiger partial charge < -0.3 is 15.2 Å². The molecule has 1 aromatic heterocycles. The molecule has 0 aliphatic rings. The second kappa shape index (κ2) is 7.22. The van der Waals surface area contributed by atoms with Crippen LogP contribution in [-0.4, -0.2) is 33.8 Å². The van der Waals surface area contributed by atoms with Crippen LogP contribution in [0.25, 0.3) is 0 Å². The summed E-state index contributed by atoms with van der Waals surface area (Å²) >= 11 is 6.53. The third-order valence-corrected chi connectivity index (χ3v) is 4.05. The number of ether oxygens (including phenoxy) is 1. The van der Waals surface area contributed by atoms with Crippen molar-refractivity contribution in [3.63, 3.8) is 0 Å². The average molecular weight is 424 g/mol. The first-order valence-electron chi connectivity index (χ1n) is 6.11. The number of nitrogens with zero attached hydrogens (tertiary/aromatic N) is 1.